The summed E-state index contributed by atoms with van der Waals surface area (Å²) < 4.78 is 31.6. The molecule has 0 saturated carbocycles. The fourth-order valence-electron chi connectivity index (χ4n) is 1.00. The third-order valence-corrected chi connectivity index (χ3v) is 2.76. The summed E-state index contributed by atoms with van der Waals surface area (Å²) in [6, 6.07) is 5.98. The number of aliphatic carboxylic acids is 1. The largest absolute Gasteiger partial charge is 0.482 e. The van der Waals surface area contributed by atoms with E-state index in [0.717, 1.165) is 0 Å². The van der Waals surface area contributed by atoms with Crippen molar-refractivity contribution in [1.29, 1.82) is 0 Å². The maximum atomic E-state index is 11.2. The van der Waals surface area contributed by atoms with Crippen molar-refractivity contribution in [3.63, 3.8) is 0 Å². The maximum Gasteiger partial charge on any atom is 0.341 e. The molecule has 0 aromatic heterocycles. The number of rotatable bonds is 6. The number of carboxylic acid groups (broad SMARTS) is 1. The van der Waals surface area contributed by atoms with Gasteiger partial charge in [0.1, 0.15) is 5.75 Å². The van der Waals surface area contributed by atoms with Crippen LogP contribution < -0.4 is 14.2 Å². The summed E-state index contributed by atoms with van der Waals surface area (Å²) in [6.07, 6.45) is 0. The van der Waals surface area contributed by atoms with Gasteiger partial charge in [0.05, 0.1) is 5.69 Å². The molecule has 1 aromatic rings. The normalized spacial score (nSPS) is 10.9. The molecule has 0 spiro atoms. The fourth-order valence-corrected chi connectivity index (χ4v) is 1.54. The predicted octanol–water partition coefficient (Wildman–Crippen LogP) is 0.0261. The van der Waals surface area contributed by atoms with Gasteiger partial charge >= 0.3 is 5.97 Å². The Morgan fingerprint density at radius 3 is 2.76 bits per heavy atom. The van der Waals surface area contributed by atoms with Crippen molar-refractivity contribution >= 4 is 21.9 Å². The Bertz CT molecular complexity index is 500. The highest BCUT2D eigenvalue weighted by atomic mass is 32.2. The second-order valence-electron chi connectivity index (χ2n) is 3.02. The highest BCUT2D eigenvalue weighted by molar-refractivity contribution is 7.90. The Balaban J connectivity index is 2.76. The zero-order valence-corrected chi connectivity index (χ0v) is 9.82. The zero-order chi connectivity index (χ0) is 12.9. The van der Waals surface area contributed by atoms with E-state index in [9.17, 15) is 13.2 Å². The van der Waals surface area contributed by atoms with Gasteiger partial charge in [0.2, 0.25) is 0 Å². The average Bonchev–Trinajstić information content (AvgIpc) is 2.26. The lowest BCUT2D eigenvalue weighted by Gasteiger charge is -2.08. The molecule has 0 saturated heterocycles. The van der Waals surface area contributed by atoms with Crippen molar-refractivity contribution in [2.24, 2.45) is 0 Å². The summed E-state index contributed by atoms with van der Waals surface area (Å²) >= 11 is 0. The minimum absolute atomic E-state index is 0.267. The van der Waals surface area contributed by atoms with Crippen molar-refractivity contribution in [3.8, 4) is 5.75 Å². The first-order valence-corrected chi connectivity index (χ1v) is 6.07. The molecule has 0 aliphatic heterocycles. The van der Waals surface area contributed by atoms with Crippen LogP contribution in [0.3, 0.4) is 0 Å². The minimum Gasteiger partial charge on any atom is -0.482 e. The van der Waals surface area contributed by atoms with Gasteiger partial charge in [-0.15, -0.1) is 0 Å². The minimum atomic E-state index is -3.59. The van der Waals surface area contributed by atoms with Crippen LogP contribution in [-0.2, 0) is 15.0 Å². The molecule has 94 valence electrons. The van der Waals surface area contributed by atoms with Crippen LogP contribution in [-0.4, -0.2) is 33.1 Å². The van der Waals surface area contributed by atoms with E-state index in [0.29, 0.717) is 0 Å². The number of anilines is 1. The second-order valence-corrected chi connectivity index (χ2v) is 4.64. The molecule has 0 aliphatic rings. The maximum absolute atomic E-state index is 11.2. The molecular weight excluding hydrogens is 248 g/mol. The molecule has 7 nitrogen and oxygen atoms in total. The van der Waals surface area contributed by atoms with Crippen molar-refractivity contribution in [2.45, 2.75) is 0 Å². The zero-order valence-electron chi connectivity index (χ0n) is 9.00. The van der Waals surface area contributed by atoms with Crippen LogP contribution in [0.5, 0.6) is 5.75 Å². The molecule has 1 rings (SSSR count). The first-order valence-electron chi connectivity index (χ1n) is 4.59. The van der Waals surface area contributed by atoms with E-state index in [1.54, 1.807) is 6.07 Å². The van der Waals surface area contributed by atoms with Gasteiger partial charge in [0, 0.05) is 13.1 Å². The van der Waals surface area contributed by atoms with Crippen molar-refractivity contribution in [1.82, 2.24) is 4.72 Å². The van der Waals surface area contributed by atoms with Crippen LogP contribution in [0.25, 0.3) is 0 Å². The van der Waals surface area contributed by atoms with Crippen LogP contribution in [0.1, 0.15) is 0 Å². The van der Waals surface area contributed by atoms with Gasteiger partial charge in [-0.3, -0.25) is 4.72 Å². The molecule has 0 radical (unpaired) electrons. The van der Waals surface area contributed by atoms with Crippen molar-refractivity contribution in [2.75, 3.05) is 18.4 Å². The SMILES string of the molecule is CNS(=O)(=O)Nc1cccc(OCC(=O)O)c1. The number of nitrogens with one attached hydrogen (secondary N) is 2. The van der Waals surface area contributed by atoms with E-state index < -0.39 is 22.8 Å². The van der Waals surface area contributed by atoms with Gasteiger partial charge in [-0.1, -0.05) is 6.07 Å². The van der Waals surface area contributed by atoms with Crippen LogP contribution >= 0.6 is 0 Å². The molecular formula is C9H12N2O5S. The quantitative estimate of drug-likeness (QED) is 0.669. The van der Waals surface area contributed by atoms with Crippen LogP contribution in [0.15, 0.2) is 24.3 Å². The van der Waals surface area contributed by atoms with Gasteiger partial charge in [-0.05, 0) is 12.1 Å². The lowest BCUT2D eigenvalue weighted by molar-refractivity contribution is -0.139. The number of carboxylic acids is 1. The first-order chi connectivity index (χ1) is 7.93. The van der Waals surface area contributed by atoms with E-state index in [-0.39, 0.29) is 11.4 Å². The standard InChI is InChI=1S/C9H12N2O5S/c1-10-17(14,15)11-7-3-2-4-8(5-7)16-6-9(12)13/h2-5,10-11H,6H2,1H3,(H,12,13). The number of hydrogen-bond donors (Lipinski definition) is 3. The molecule has 0 amide bonds. The Morgan fingerprint density at radius 2 is 2.18 bits per heavy atom. The van der Waals surface area contributed by atoms with E-state index >= 15 is 0 Å². The molecule has 0 atom stereocenters. The summed E-state index contributed by atoms with van der Waals surface area (Å²) in [4.78, 5) is 10.3. The summed E-state index contributed by atoms with van der Waals surface area (Å²) in [7, 11) is -2.32. The average molecular weight is 260 g/mol. The summed E-state index contributed by atoms with van der Waals surface area (Å²) in [5, 5.41) is 8.42. The number of carbonyl (C=O) groups is 1. The van der Waals surface area contributed by atoms with Crippen LogP contribution in [0, 0.1) is 0 Å². The van der Waals surface area contributed by atoms with E-state index in [2.05, 4.69) is 9.44 Å². The highest BCUT2D eigenvalue weighted by Gasteiger charge is 2.07. The monoisotopic (exact) mass is 260 g/mol. The van der Waals surface area contributed by atoms with Crippen LogP contribution in [0.2, 0.25) is 0 Å². The summed E-state index contributed by atoms with van der Waals surface area (Å²) in [6.45, 7) is -0.484. The second kappa shape index (κ2) is 5.51. The Labute approximate surface area is 98.6 Å². The lowest BCUT2D eigenvalue weighted by Crippen LogP contribution is -2.26. The molecule has 0 fully saturated rings. The van der Waals surface area contributed by atoms with Crippen molar-refractivity contribution < 1.29 is 23.1 Å². The van der Waals surface area contributed by atoms with E-state index in [1.807, 2.05) is 0 Å². The predicted molar refractivity (Wildman–Crippen MR) is 61.2 cm³/mol. The van der Waals surface area contributed by atoms with Gasteiger partial charge < -0.3 is 9.84 Å². The molecule has 1 aromatic carbocycles. The molecule has 0 heterocycles. The van der Waals surface area contributed by atoms with Crippen LogP contribution in [0.4, 0.5) is 5.69 Å². The van der Waals surface area contributed by atoms with Gasteiger partial charge in [-0.2, -0.15) is 8.42 Å². The Hall–Kier alpha value is -1.80. The topological polar surface area (TPSA) is 105 Å². The third-order valence-electron chi connectivity index (χ3n) is 1.72. The molecule has 3 N–H and O–H groups in total. The van der Waals surface area contributed by atoms with E-state index in [1.165, 1.54) is 25.2 Å². The van der Waals surface area contributed by atoms with Gasteiger partial charge in [0.15, 0.2) is 6.61 Å². The van der Waals surface area contributed by atoms with E-state index in [4.69, 9.17) is 9.84 Å². The van der Waals surface area contributed by atoms with Gasteiger partial charge in [-0.25, -0.2) is 9.52 Å². The molecule has 0 bridgehead atoms. The smallest absolute Gasteiger partial charge is 0.341 e. The summed E-state index contributed by atoms with van der Waals surface area (Å²) in [5.74, 6) is -0.838. The molecule has 8 heteroatoms. The number of benzene rings is 1. The third kappa shape index (κ3) is 4.70. The number of hydrogen-bond acceptors (Lipinski definition) is 4. The summed E-state index contributed by atoms with van der Waals surface area (Å²) in [5.41, 5.74) is 0.280. The van der Waals surface area contributed by atoms with Crippen molar-refractivity contribution in [3.05, 3.63) is 24.3 Å². The first kappa shape index (κ1) is 13.3. The number of ether oxygens (including phenoxy) is 1. The molecule has 0 aliphatic carbocycles. The Morgan fingerprint density at radius 1 is 1.47 bits per heavy atom. The Kier molecular flexibility index (Phi) is 4.30. The molecule has 17 heavy (non-hydrogen) atoms. The molecule has 0 unspecified atom stereocenters. The van der Waals surface area contributed by atoms with Gasteiger partial charge in [0.25, 0.3) is 10.2 Å². The lowest BCUT2D eigenvalue weighted by atomic mass is 10.3. The highest BCUT2D eigenvalue weighted by Crippen LogP contribution is 2.17. The fraction of sp³-hybridized carbons (Fsp3) is 0.222.